The molecule has 0 unspecified atom stereocenters. The first-order valence-corrected chi connectivity index (χ1v) is 13.3. The highest BCUT2D eigenvalue weighted by Gasteiger charge is 2.59. The van der Waals surface area contributed by atoms with E-state index in [4.69, 9.17) is 15.9 Å². The van der Waals surface area contributed by atoms with Gasteiger partial charge in [-0.2, -0.15) is 0 Å². The molecule has 0 bridgehead atoms. The zero-order valence-corrected chi connectivity index (χ0v) is 22.4. The average Bonchev–Trinajstić information content (AvgIpc) is 3.05. The number of thioether (sulfide) groups is 1. The van der Waals surface area contributed by atoms with Crippen LogP contribution in [0.3, 0.4) is 0 Å². The summed E-state index contributed by atoms with van der Waals surface area (Å²) in [4.78, 5) is 26.0. The van der Waals surface area contributed by atoms with Crippen molar-refractivity contribution in [2.45, 2.75) is 32.5 Å². The minimum Gasteiger partial charge on any atom is -0.488 e. The van der Waals surface area contributed by atoms with Crippen LogP contribution in [0.15, 0.2) is 47.7 Å². The number of fused-ring (bicyclic) bond motifs is 2. The number of aliphatic carboxylic acids is 1. The molecule has 1 amide bonds. The first-order valence-electron chi connectivity index (χ1n) is 12.3. The van der Waals surface area contributed by atoms with Gasteiger partial charge < -0.3 is 30.1 Å². The number of rotatable bonds is 10. The highest BCUT2D eigenvalue weighted by atomic mass is 32.2. The van der Waals surface area contributed by atoms with Crippen molar-refractivity contribution in [3.63, 3.8) is 0 Å². The first-order chi connectivity index (χ1) is 17.4. The van der Waals surface area contributed by atoms with Gasteiger partial charge in [0, 0.05) is 22.4 Å². The van der Waals surface area contributed by atoms with Gasteiger partial charge in [-0.05, 0) is 18.4 Å². The topological polar surface area (TPSA) is 137 Å². The second-order valence-electron chi connectivity index (χ2n) is 10.5. The molecule has 2 heterocycles. The monoisotopic (exact) mass is 527 g/mol. The zero-order chi connectivity index (χ0) is 27.1. The third kappa shape index (κ3) is 5.18. The van der Waals surface area contributed by atoms with Gasteiger partial charge >= 0.3 is 5.97 Å². The Morgan fingerprint density at radius 1 is 1.24 bits per heavy atom. The maximum atomic E-state index is 12.6. The molecule has 0 aliphatic carbocycles. The number of aliphatic hydroxyl groups is 1. The lowest BCUT2D eigenvalue weighted by Gasteiger charge is -2.46. The molecule has 9 nitrogen and oxygen atoms in total. The summed E-state index contributed by atoms with van der Waals surface area (Å²) >= 11 is 1.34. The number of β-lactam (4-membered cyclic amide) rings is 1. The van der Waals surface area contributed by atoms with Crippen molar-refractivity contribution in [3.05, 3.63) is 53.2 Å². The molecule has 0 spiro atoms. The molecule has 37 heavy (non-hydrogen) atoms. The SMILES string of the molecule is C[C@@H](O)[C@H]1C(=O)N2C(C(=O)O)=C(COc3cccc4c(C[N+](C)(C)CCSC(=N)N)cccc34)[C@H](C)[C@H]12. The molecular formula is C27H35N4O5S+. The molecular weight excluding hydrogens is 492 g/mol. The molecule has 198 valence electrons. The summed E-state index contributed by atoms with van der Waals surface area (Å²) in [5.74, 6) is -0.937. The lowest BCUT2D eigenvalue weighted by Crippen LogP contribution is -2.63. The molecule has 0 saturated carbocycles. The van der Waals surface area contributed by atoms with Crippen LogP contribution < -0.4 is 10.5 Å². The van der Waals surface area contributed by atoms with E-state index in [0.717, 1.165) is 39.7 Å². The van der Waals surface area contributed by atoms with E-state index in [1.54, 1.807) is 6.92 Å². The third-order valence-corrected chi connectivity index (χ3v) is 8.12. The molecule has 0 aromatic heterocycles. The van der Waals surface area contributed by atoms with Crippen molar-refractivity contribution in [2.24, 2.45) is 17.6 Å². The van der Waals surface area contributed by atoms with Crippen LogP contribution in [0, 0.1) is 17.2 Å². The lowest BCUT2D eigenvalue weighted by atomic mass is 9.78. The quantitative estimate of drug-likeness (QED) is 0.161. The number of nitrogens with one attached hydrogen (secondary N) is 1. The molecule has 2 aromatic carbocycles. The second-order valence-corrected chi connectivity index (χ2v) is 11.7. The number of nitrogens with zero attached hydrogens (tertiary/aromatic N) is 2. The summed E-state index contributed by atoms with van der Waals surface area (Å²) in [5.41, 5.74) is 7.17. The van der Waals surface area contributed by atoms with Gasteiger partial charge in [-0.1, -0.05) is 49.0 Å². The van der Waals surface area contributed by atoms with Crippen molar-refractivity contribution in [1.82, 2.24) is 4.90 Å². The largest absolute Gasteiger partial charge is 0.488 e. The van der Waals surface area contributed by atoms with Crippen LogP contribution in [-0.2, 0) is 16.1 Å². The molecule has 1 saturated heterocycles. The van der Waals surface area contributed by atoms with Crippen molar-refractivity contribution < 1.29 is 29.0 Å². The average molecular weight is 528 g/mol. The number of carboxylic acids is 1. The molecule has 4 rings (SSSR count). The Hall–Kier alpha value is -3.08. The van der Waals surface area contributed by atoms with E-state index in [1.807, 2.05) is 31.2 Å². The number of hydrogen-bond donors (Lipinski definition) is 4. The van der Waals surface area contributed by atoms with Crippen LogP contribution in [0.25, 0.3) is 10.8 Å². The van der Waals surface area contributed by atoms with E-state index in [9.17, 15) is 19.8 Å². The highest BCUT2D eigenvalue weighted by Crippen LogP contribution is 2.47. The van der Waals surface area contributed by atoms with Crippen LogP contribution in [0.5, 0.6) is 5.75 Å². The van der Waals surface area contributed by atoms with Gasteiger partial charge in [-0.3, -0.25) is 10.2 Å². The highest BCUT2D eigenvalue weighted by molar-refractivity contribution is 8.13. The number of ether oxygens (including phenoxy) is 1. The van der Waals surface area contributed by atoms with Crippen LogP contribution in [0.2, 0.25) is 0 Å². The zero-order valence-electron chi connectivity index (χ0n) is 21.6. The predicted molar refractivity (Wildman–Crippen MR) is 144 cm³/mol. The second kappa shape index (κ2) is 10.4. The fraction of sp³-hybridized carbons (Fsp3) is 0.444. The maximum Gasteiger partial charge on any atom is 0.352 e. The predicted octanol–water partition coefficient (Wildman–Crippen LogP) is 2.62. The Morgan fingerprint density at radius 2 is 1.92 bits per heavy atom. The molecule has 5 N–H and O–H groups in total. The van der Waals surface area contributed by atoms with Crippen molar-refractivity contribution in [3.8, 4) is 5.75 Å². The molecule has 2 aliphatic rings. The molecule has 2 aliphatic heterocycles. The number of amidine groups is 1. The van der Waals surface area contributed by atoms with Crippen molar-refractivity contribution in [1.29, 1.82) is 5.41 Å². The number of amides is 1. The van der Waals surface area contributed by atoms with Gasteiger partial charge in [0.1, 0.15) is 24.6 Å². The minimum absolute atomic E-state index is 0.0252. The number of carbonyl (C=O) groups is 2. The number of carboxylic acid groups (broad SMARTS) is 1. The fourth-order valence-corrected chi connectivity index (χ4v) is 6.35. The van der Waals surface area contributed by atoms with E-state index in [2.05, 4.69) is 26.2 Å². The Labute approximate surface area is 221 Å². The van der Waals surface area contributed by atoms with Gasteiger partial charge in [-0.25, -0.2) is 4.79 Å². The standard InChI is InChI=1S/C27H34N4O5S/c1-15-20(24(26(34)35)30-23(15)22(16(2)32)25(30)33)14-36-21-10-6-8-18-17(7-5-9-19(18)21)13-31(3,4)11-12-37-27(28)29/h5-10,15-16,22-23,32H,11-14H2,1-4H3,(H3-,28,29,34,35)/p+1/t15-,16+,22+,23+/m0/s1. The Morgan fingerprint density at radius 3 is 2.57 bits per heavy atom. The van der Waals surface area contributed by atoms with E-state index >= 15 is 0 Å². The Kier molecular flexibility index (Phi) is 7.55. The fourth-order valence-electron chi connectivity index (χ4n) is 5.54. The number of quaternary nitrogens is 1. The molecule has 4 atom stereocenters. The molecule has 10 heteroatoms. The number of hydrogen-bond acceptors (Lipinski definition) is 6. The summed E-state index contributed by atoms with van der Waals surface area (Å²) in [6.45, 7) is 5.13. The summed E-state index contributed by atoms with van der Waals surface area (Å²) in [7, 11) is 4.29. The summed E-state index contributed by atoms with van der Waals surface area (Å²) < 4.78 is 6.95. The van der Waals surface area contributed by atoms with E-state index in [1.165, 1.54) is 16.7 Å². The third-order valence-electron chi connectivity index (χ3n) is 7.43. The Balaban J connectivity index is 1.57. The minimum atomic E-state index is -1.16. The van der Waals surface area contributed by atoms with Crippen LogP contribution >= 0.6 is 11.8 Å². The maximum absolute atomic E-state index is 12.6. The van der Waals surface area contributed by atoms with Crippen molar-refractivity contribution >= 4 is 39.6 Å². The number of benzene rings is 2. The number of nitrogens with two attached hydrogens (primary N) is 1. The molecule has 1 fully saturated rings. The smallest absolute Gasteiger partial charge is 0.352 e. The van der Waals surface area contributed by atoms with Crippen molar-refractivity contribution in [2.75, 3.05) is 33.0 Å². The van der Waals surface area contributed by atoms with E-state index < -0.39 is 18.0 Å². The van der Waals surface area contributed by atoms with Crippen LogP contribution in [0.1, 0.15) is 19.4 Å². The van der Waals surface area contributed by atoms with Crippen LogP contribution in [-0.4, -0.2) is 81.8 Å². The van der Waals surface area contributed by atoms with E-state index in [0.29, 0.717) is 11.3 Å². The van der Waals surface area contributed by atoms with Gasteiger partial charge in [-0.15, -0.1) is 0 Å². The van der Waals surface area contributed by atoms with Crippen LogP contribution in [0.4, 0.5) is 0 Å². The number of carbonyl (C=O) groups excluding carboxylic acids is 1. The lowest BCUT2D eigenvalue weighted by molar-refractivity contribution is -0.901. The van der Waals surface area contributed by atoms with Gasteiger partial charge in [0.25, 0.3) is 0 Å². The van der Waals surface area contributed by atoms with Gasteiger partial charge in [0.15, 0.2) is 5.17 Å². The first kappa shape index (κ1) is 27.0. The Bertz CT molecular complexity index is 1270. The molecule has 2 aromatic rings. The molecule has 0 radical (unpaired) electrons. The number of aliphatic hydroxyl groups excluding tert-OH is 1. The van der Waals surface area contributed by atoms with Gasteiger partial charge in [0.05, 0.1) is 44.5 Å². The van der Waals surface area contributed by atoms with E-state index in [-0.39, 0.29) is 35.3 Å². The summed E-state index contributed by atoms with van der Waals surface area (Å²) in [6.07, 6.45) is -0.841. The van der Waals surface area contributed by atoms with Gasteiger partial charge in [0.2, 0.25) is 5.91 Å². The summed E-state index contributed by atoms with van der Waals surface area (Å²) in [6, 6.07) is 11.6. The normalized spacial score (nSPS) is 22.1. The summed E-state index contributed by atoms with van der Waals surface area (Å²) in [5, 5.41) is 29.5.